The molecule has 0 radical (unpaired) electrons. The van der Waals surface area contributed by atoms with Gasteiger partial charge in [-0.05, 0) is 23.3 Å². The van der Waals surface area contributed by atoms with Crippen LogP contribution in [-0.2, 0) is 6.54 Å². The zero-order valence-electron chi connectivity index (χ0n) is 19.4. The SMILES string of the molecule is COc1ncc(-c2c(-c3ccc(Cl)cc3)cnn3c(=O)n(Cc4ccc(-c5ccon5)cc4)nc23)cn1. The van der Waals surface area contributed by atoms with Gasteiger partial charge in [-0.15, -0.1) is 5.10 Å². The first-order chi connectivity index (χ1) is 18.1. The van der Waals surface area contributed by atoms with Crippen LogP contribution in [0.4, 0.5) is 0 Å². The normalized spacial score (nSPS) is 11.2. The van der Waals surface area contributed by atoms with E-state index in [1.807, 2.05) is 36.4 Å². The van der Waals surface area contributed by atoms with Gasteiger partial charge in [0, 0.05) is 45.7 Å². The van der Waals surface area contributed by atoms with E-state index in [4.69, 9.17) is 20.9 Å². The van der Waals surface area contributed by atoms with Crippen molar-refractivity contribution in [1.82, 2.24) is 34.5 Å². The largest absolute Gasteiger partial charge is 0.467 e. The predicted octanol–water partition coefficient (Wildman–Crippen LogP) is 4.38. The summed E-state index contributed by atoms with van der Waals surface area (Å²) in [7, 11) is 1.50. The van der Waals surface area contributed by atoms with Gasteiger partial charge in [-0.1, -0.05) is 53.2 Å². The van der Waals surface area contributed by atoms with E-state index in [2.05, 4.69) is 25.3 Å². The monoisotopic (exact) mass is 511 g/mol. The zero-order chi connectivity index (χ0) is 25.4. The van der Waals surface area contributed by atoms with Gasteiger partial charge in [0.2, 0.25) is 0 Å². The number of fused-ring (bicyclic) bond motifs is 1. The lowest BCUT2D eigenvalue weighted by Gasteiger charge is -2.10. The summed E-state index contributed by atoms with van der Waals surface area (Å²) in [4.78, 5) is 21.8. The Labute approximate surface area is 214 Å². The van der Waals surface area contributed by atoms with E-state index in [9.17, 15) is 4.79 Å². The summed E-state index contributed by atoms with van der Waals surface area (Å²) in [6.45, 7) is 0.260. The third kappa shape index (κ3) is 4.23. The first-order valence-corrected chi connectivity index (χ1v) is 11.6. The summed E-state index contributed by atoms with van der Waals surface area (Å²) >= 11 is 6.11. The summed E-state index contributed by atoms with van der Waals surface area (Å²) < 4.78 is 12.7. The molecule has 0 bridgehead atoms. The number of ether oxygens (including phenoxy) is 1. The minimum atomic E-state index is -0.367. The number of methoxy groups -OCH3 is 1. The van der Waals surface area contributed by atoms with Crippen molar-refractivity contribution in [2.75, 3.05) is 7.11 Å². The first-order valence-electron chi connectivity index (χ1n) is 11.2. The van der Waals surface area contributed by atoms with Crippen molar-refractivity contribution in [3.8, 4) is 39.5 Å². The standard InChI is InChI=1S/C26H18ClN7O3/c1-36-25-28-12-19(13-29-25)23-21(17-6-8-20(27)9-7-17)14-30-34-24(23)31-33(26(34)35)15-16-2-4-18(5-3-16)22-10-11-37-32-22/h2-14H,15H2,1H3. The van der Waals surface area contributed by atoms with Gasteiger partial charge in [0.05, 0.1) is 19.9 Å². The van der Waals surface area contributed by atoms with E-state index in [1.165, 1.54) is 22.6 Å². The fourth-order valence-electron chi connectivity index (χ4n) is 4.06. The maximum Gasteiger partial charge on any atom is 0.367 e. The Morgan fingerprint density at radius 3 is 2.32 bits per heavy atom. The number of halogens is 1. The summed E-state index contributed by atoms with van der Waals surface area (Å²) in [6, 6.07) is 17.1. The van der Waals surface area contributed by atoms with Crippen LogP contribution in [0.1, 0.15) is 5.56 Å². The molecule has 0 atom stereocenters. The molecule has 0 unspecified atom stereocenters. The molecule has 6 rings (SSSR count). The highest BCUT2D eigenvalue weighted by Gasteiger charge is 2.20. The smallest absolute Gasteiger partial charge is 0.367 e. The second-order valence-electron chi connectivity index (χ2n) is 8.16. The van der Waals surface area contributed by atoms with E-state index in [0.717, 1.165) is 27.9 Å². The summed E-state index contributed by atoms with van der Waals surface area (Å²) in [5.41, 5.74) is 5.49. The molecule has 0 aliphatic heterocycles. The molecule has 182 valence electrons. The van der Waals surface area contributed by atoms with E-state index in [1.54, 1.807) is 36.8 Å². The molecule has 4 aromatic heterocycles. The molecule has 10 nitrogen and oxygen atoms in total. The number of benzene rings is 2. The Morgan fingerprint density at radius 2 is 1.65 bits per heavy atom. The van der Waals surface area contributed by atoms with Crippen LogP contribution in [0.2, 0.25) is 5.02 Å². The van der Waals surface area contributed by atoms with E-state index in [0.29, 0.717) is 21.8 Å². The van der Waals surface area contributed by atoms with Gasteiger partial charge < -0.3 is 9.26 Å². The Balaban J connectivity index is 1.46. The third-order valence-electron chi connectivity index (χ3n) is 5.89. The van der Waals surface area contributed by atoms with Crippen LogP contribution in [-0.4, -0.2) is 41.6 Å². The number of hydrogen-bond donors (Lipinski definition) is 0. The highest BCUT2D eigenvalue weighted by Crippen LogP contribution is 2.34. The average molecular weight is 512 g/mol. The van der Waals surface area contributed by atoms with Gasteiger partial charge in [-0.25, -0.2) is 19.4 Å². The minimum absolute atomic E-state index is 0.235. The molecule has 6 aromatic rings. The van der Waals surface area contributed by atoms with Crippen molar-refractivity contribution < 1.29 is 9.26 Å². The molecule has 0 fully saturated rings. The topological polar surface area (TPSA) is 113 Å². The molecule has 0 amide bonds. The van der Waals surface area contributed by atoms with Crippen LogP contribution < -0.4 is 10.4 Å². The molecule has 0 N–H and O–H groups in total. The maximum atomic E-state index is 13.3. The molecule has 4 heterocycles. The quantitative estimate of drug-likeness (QED) is 0.324. The van der Waals surface area contributed by atoms with Crippen LogP contribution in [0.3, 0.4) is 0 Å². The van der Waals surface area contributed by atoms with Crippen LogP contribution in [0.5, 0.6) is 6.01 Å². The average Bonchev–Trinajstić information content (AvgIpc) is 3.58. The fraction of sp³-hybridized carbons (Fsp3) is 0.0769. The Kier molecular flexibility index (Phi) is 5.70. The van der Waals surface area contributed by atoms with Gasteiger partial charge in [0.1, 0.15) is 12.0 Å². The molecule has 37 heavy (non-hydrogen) atoms. The highest BCUT2D eigenvalue weighted by atomic mass is 35.5. The van der Waals surface area contributed by atoms with Crippen LogP contribution in [0.15, 0.2) is 88.8 Å². The van der Waals surface area contributed by atoms with Crippen molar-refractivity contribution in [2.45, 2.75) is 6.54 Å². The zero-order valence-corrected chi connectivity index (χ0v) is 20.2. The van der Waals surface area contributed by atoms with Gasteiger partial charge in [0.25, 0.3) is 0 Å². The van der Waals surface area contributed by atoms with E-state index < -0.39 is 0 Å². The van der Waals surface area contributed by atoms with Gasteiger partial charge in [0.15, 0.2) is 5.65 Å². The van der Waals surface area contributed by atoms with Crippen LogP contribution in [0.25, 0.3) is 39.2 Å². The summed E-state index contributed by atoms with van der Waals surface area (Å²) in [6.07, 6.45) is 6.42. The van der Waals surface area contributed by atoms with Gasteiger partial charge in [-0.2, -0.15) is 9.61 Å². The number of hydrogen-bond acceptors (Lipinski definition) is 8. The third-order valence-corrected chi connectivity index (χ3v) is 6.14. The number of nitrogens with zero attached hydrogens (tertiary/aromatic N) is 7. The minimum Gasteiger partial charge on any atom is -0.467 e. The van der Waals surface area contributed by atoms with Crippen molar-refractivity contribution in [2.24, 2.45) is 0 Å². The molecule has 0 aliphatic rings. The van der Waals surface area contributed by atoms with Crippen molar-refractivity contribution in [3.05, 3.63) is 101 Å². The van der Waals surface area contributed by atoms with Crippen LogP contribution >= 0.6 is 11.6 Å². The highest BCUT2D eigenvalue weighted by molar-refractivity contribution is 6.30. The molecule has 0 aliphatic carbocycles. The van der Waals surface area contributed by atoms with Gasteiger partial charge >= 0.3 is 11.7 Å². The Bertz CT molecular complexity index is 1740. The lowest BCUT2D eigenvalue weighted by Crippen LogP contribution is -2.22. The molecule has 11 heteroatoms. The second-order valence-corrected chi connectivity index (χ2v) is 8.59. The lowest BCUT2D eigenvalue weighted by atomic mass is 9.99. The molecule has 0 spiro atoms. The Morgan fingerprint density at radius 1 is 0.919 bits per heavy atom. The van der Waals surface area contributed by atoms with Crippen LogP contribution in [0, 0.1) is 0 Å². The lowest BCUT2D eigenvalue weighted by molar-refractivity contribution is 0.380. The first kappa shape index (κ1) is 22.6. The summed E-state index contributed by atoms with van der Waals surface area (Å²) in [5.74, 6) is 0. The fourth-order valence-corrected chi connectivity index (χ4v) is 4.19. The maximum absolute atomic E-state index is 13.3. The molecular weight excluding hydrogens is 494 g/mol. The van der Waals surface area contributed by atoms with E-state index >= 15 is 0 Å². The number of aromatic nitrogens is 7. The van der Waals surface area contributed by atoms with Crippen molar-refractivity contribution in [3.63, 3.8) is 0 Å². The van der Waals surface area contributed by atoms with Gasteiger partial charge in [-0.3, -0.25) is 0 Å². The summed E-state index contributed by atoms with van der Waals surface area (Å²) in [5, 5.41) is 13.6. The number of rotatable bonds is 6. The van der Waals surface area contributed by atoms with Crippen molar-refractivity contribution >= 4 is 17.2 Å². The molecule has 0 saturated carbocycles. The molecule has 2 aromatic carbocycles. The molecule has 0 saturated heterocycles. The Hall–Kier alpha value is -4.83. The van der Waals surface area contributed by atoms with E-state index in [-0.39, 0.29) is 18.2 Å². The molecular formula is C26H18ClN7O3. The predicted molar refractivity (Wildman–Crippen MR) is 136 cm³/mol. The van der Waals surface area contributed by atoms with Crippen molar-refractivity contribution in [1.29, 1.82) is 0 Å². The second kappa shape index (κ2) is 9.32.